The van der Waals surface area contributed by atoms with Crippen LogP contribution in [0.2, 0.25) is 0 Å². The first-order chi connectivity index (χ1) is 9.58. The van der Waals surface area contributed by atoms with Gasteiger partial charge >= 0.3 is 0 Å². The maximum absolute atomic E-state index is 6.04. The lowest BCUT2D eigenvalue weighted by atomic mass is 10.1. The Kier molecular flexibility index (Phi) is 8.19. The van der Waals surface area contributed by atoms with Gasteiger partial charge in [-0.25, -0.2) is 0 Å². The van der Waals surface area contributed by atoms with Crippen molar-refractivity contribution in [1.29, 1.82) is 0 Å². The zero-order chi connectivity index (χ0) is 15.0. The van der Waals surface area contributed by atoms with Crippen LogP contribution in [0.1, 0.15) is 31.4 Å². The SMILES string of the molecule is CCC(C)COc1c(C)cc(Br)cc1CNCCOC. The summed E-state index contributed by atoms with van der Waals surface area (Å²) in [6.07, 6.45) is 1.14. The van der Waals surface area contributed by atoms with Gasteiger partial charge in [0.15, 0.2) is 0 Å². The lowest BCUT2D eigenvalue weighted by Crippen LogP contribution is -2.19. The Bertz CT molecular complexity index is 410. The van der Waals surface area contributed by atoms with Crippen LogP contribution in [0.5, 0.6) is 5.75 Å². The zero-order valence-electron chi connectivity index (χ0n) is 13.0. The van der Waals surface area contributed by atoms with Crippen molar-refractivity contribution in [1.82, 2.24) is 5.32 Å². The molecule has 3 nitrogen and oxygen atoms in total. The maximum Gasteiger partial charge on any atom is 0.126 e. The first-order valence-corrected chi connectivity index (χ1v) is 7.99. The van der Waals surface area contributed by atoms with E-state index in [2.05, 4.69) is 54.2 Å². The molecule has 0 saturated heterocycles. The van der Waals surface area contributed by atoms with Crippen molar-refractivity contribution in [2.75, 3.05) is 26.9 Å². The minimum atomic E-state index is 0.576. The lowest BCUT2D eigenvalue weighted by molar-refractivity contribution is 0.198. The summed E-state index contributed by atoms with van der Waals surface area (Å²) in [6.45, 7) is 9.61. The molecule has 0 fully saturated rings. The Morgan fingerprint density at radius 2 is 2.10 bits per heavy atom. The number of halogens is 1. The standard InChI is InChI=1S/C16H26BrNO2/c1-5-12(2)11-20-16-13(3)8-15(17)9-14(16)10-18-6-7-19-4/h8-9,12,18H,5-7,10-11H2,1-4H3. The molecule has 4 heteroatoms. The van der Waals surface area contributed by atoms with Crippen LogP contribution < -0.4 is 10.1 Å². The molecule has 0 radical (unpaired) electrons. The second kappa shape index (κ2) is 9.37. The molecule has 1 N–H and O–H groups in total. The van der Waals surface area contributed by atoms with Crippen molar-refractivity contribution in [3.63, 3.8) is 0 Å². The summed E-state index contributed by atoms with van der Waals surface area (Å²) in [5.41, 5.74) is 2.36. The summed E-state index contributed by atoms with van der Waals surface area (Å²) in [6, 6.07) is 4.23. The molecule has 0 bridgehead atoms. The molecule has 0 aliphatic heterocycles. The van der Waals surface area contributed by atoms with Crippen molar-refractivity contribution >= 4 is 15.9 Å². The highest BCUT2D eigenvalue weighted by Crippen LogP contribution is 2.28. The van der Waals surface area contributed by atoms with Gasteiger partial charge in [-0.15, -0.1) is 0 Å². The van der Waals surface area contributed by atoms with Crippen LogP contribution in [0.4, 0.5) is 0 Å². The van der Waals surface area contributed by atoms with E-state index in [0.29, 0.717) is 5.92 Å². The predicted octanol–water partition coefficient (Wildman–Crippen LogP) is 3.92. The molecular weight excluding hydrogens is 318 g/mol. The number of methoxy groups -OCH3 is 1. The summed E-state index contributed by atoms with van der Waals surface area (Å²) < 4.78 is 12.2. The van der Waals surface area contributed by atoms with Crippen LogP contribution in [0, 0.1) is 12.8 Å². The summed E-state index contributed by atoms with van der Waals surface area (Å²) >= 11 is 3.56. The quantitative estimate of drug-likeness (QED) is 0.689. The van der Waals surface area contributed by atoms with Crippen molar-refractivity contribution in [3.05, 3.63) is 27.7 Å². The van der Waals surface area contributed by atoms with Gasteiger partial charge in [0.25, 0.3) is 0 Å². The van der Waals surface area contributed by atoms with E-state index in [9.17, 15) is 0 Å². The van der Waals surface area contributed by atoms with Crippen LogP contribution in [-0.4, -0.2) is 26.9 Å². The van der Waals surface area contributed by atoms with Gasteiger partial charge in [-0.2, -0.15) is 0 Å². The number of hydrogen-bond acceptors (Lipinski definition) is 3. The van der Waals surface area contributed by atoms with Gasteiger partial charge in [0.05, 0.1) is 13.2 Å². The molecule has 0 aliphatic carbocycles. The maximum atomic E-state index is 6.04. The number of ether oxygens (including phenoxy) is 2. The van der Waals surface area contributed by atoms with Gasteiger partial charge in [0, 0.05) is 30.2 Å². The predicted molar refractivity (Wildman–Crippen MR) is 87.4 cm³/mol. The molecule has 0 heterocycles. The molecule has 114 valence electrons. The topological polar surface area (TPSA) is 30.5 Å². The molecule has 1 aromatic carbocycles. The van der Waals surface area contributed by atoms with E-state index in [1.54, 1.807) is 7.11 Å². The third-order valence-corrected chi connectivity index (χ3v) is 3.78. The Labute approximate surface area is 131 Å². The van der Waals surface area contributed by atoms with Crippen molar-refractivity contribution in [2.24, 2.45) is 5.92 Å². The van der Waals surface area contributed by atoms with E-state index >= 15 is 0 Å². The van der Waals surface area contributed by atoms with Crippen LogP contribution in [0.3, 0.4) is 0 Å². The molecule has 0 amide bonds. The van der Waals surface area contributed by atoms with Crippen molar-refractivity contribution in [3.8, 4) is 5.75 Å². The van der Waals surface area contributed by atoms with E-state index in [1.165, 1.54) is 11.1 Å². The molecule has 0 spiro atoms. The fraction of sp³-hybridized carbons (Fsp3) is 0.625. The smallest absolute Gasteiger partial charge is 0.126 e. The van der Waals surface area contributed by atoms with Crippen molar-refractivity contribution < 1.29 is 9.47 Å². The average Bonchev–Trinajstić information content (AvgIpc) is 2.42. The molecule has 1 atom stereocenters. The highest BCUT2D eigenvalue weighted by atomic mass is 79.9. The third kappa shape index (κ3) is 5.81. The Morgan fingerprint density at radius 1 is 1.35 bits per heavy atom. The monoisotopic (exact) mass is 343 g/mol. The molecule has 0 aliphatic rings. The molecule has 0 saturated carbocycles. The first-order valence-electron chi connectivity index (χ1n) is 7.20. The van der Waals surface area contributed by atoms with Gasteiger partial charge in [0.1, 0.15) is 5.75 Å². The highest BCUT2D eigenvalue weighted by molar-refractivity contribution is 9.10. The molecule has 1 rings (SSSR count). The fourth-order valence-electron chi connectivity index (χ4n) is 1.88. The van der Waals surface area contributed by atoms with E-state index in [4.69, 9.17) is 9.47 Å². The normalized spacial score (nSPS) is 12.4. The second-order valence-electron chi connectivity index (χ2n) is 5.20. The number of rotatable bonds is 9. The lowest BCUT2D eigenvalue weighted by Gasteiger charge is -2.17. The van der Waals surface area contributed by atoms with Gasteiger partial charge < -0.3 is 14.8 Å². The minimum Gasteiger partial charge on any atom is -0.493 e. The van der Waals surface area contributed by atoms with E-state index in [1.807, 2.05) is 0 Å². The Balaban J connectivity index is 2.73. The summed E-state index contributed by atoms with van der Waals surface area (Å²) in [5.74, 6) is 1.59. The molecule has 20 heavy (non-hydrogen) atoms. The summed E-state index contributed by atoms with van der Waals surface area (Å²) in [5, 5.41) is 3.37. The van der Waals surface area contributed by atoms with Gasteiger partial charge in [0.2, 0.25) is 0 Å². The summed E-state index contributed by atoms with van der Waals surface area (Å²) in [4.78, 5) is 0. The highest BCUT2D eigenvalue weighted by Gasteiger charge is 2.10. The third-order valence-electron chi connectivity index (χ3n) is 3.32. The molecule has 0 aromatic heterocycles. The second-order valence-corrected chi connectivity index (χ2v) is 6.12. The number of benzene rings is 1. The van der Waals surface area contributed by atoms with E-state index in [0.717, 1.165) is 42.9 Å². The van der Waals surface area contributed by atoms with Crippen LogP contribution in [-0.2, 0) is 11.3 Å². The zero-order valence-corrected chi connectivity index (χ0v) is 14.5. The summed E-state index contributed by atoms with van der Waals surface area (Å²) in [7, 11) is 1.71. The van der Waals surface area contributed by atoms with E-state index < -0.39 is 0 Å². The molecule has 1 unspecified atom stereocenters. The first kappa shape index (κ1) is 17.5. The van der Waals surface area contributed by atoms with Gasteiger partial charge in [-0.05, 0) is 30.5 Å². The van der Waals surface area contributed by atoms with Crippen LogP contribution in [0.25, 0.3) is 0 Å². The van der Waals surface area contributed by atoms with Crippen molar-refractivity contribution in [2.45, 2.75) is 33.7 Å². The largest absolute Gasteiger partial charge is 0.493 e. The number of nitrogens with one attached hydrogen (secondary N) is 1. The van der Waals surface area contributed by atoms with E-state index in [-0.39, 0.29) is 0 Å². The van der Waals surface area contributed by atoms with Crippen LogP contribution in [0.15, 0.2) is 16.6 Å². The average molecular weight is 344 g/mol. The number of hydrogen-bond donors (Lipinski definition) is 1. The Morgan fingerprint density at radius 3 is 2.75 bits per heavy atom. The fourth-order valence-corrected chi connectivity index (χ4v) is 2.50. The molecule has 1 aromatic rings. The molecular formula is C16H26BrNO2. The van der Waals surface area contributed by atoms with Gasteiger partial charge in [-0.1, -0.05) is 36.2 Å². The minimum absolute atomic E-state index is 0.576. The van der Waals surface area contributed by atoms with Crippen LogP contribution >= 0.6 is 15.9 Å². The Hall–Kier alpha value is -0.580. The van der Waals surface area contributed by atoms with Gasteiger partial charge in [-0.3, -0.25) is 0 Å². The number of aryl methyl sites for hydroxylation is 1.